The lowest BCUT2D eigenvalue weighted by Gasteiger charge is -2.25. The number of hydrazine groups is 1. The Kier molecular flexibility index (Phi) is 11.4. The van der Waals surface area contributed by atoms with Gasteiger partial charge in [0.25, 0.3) is 17.7 Å². The highest BCUT2D eigenvalue weighted by Crippen LogP contribution is 2.26. The van der Waals surface area contributed by atoms with Crippen molar-refractivity contribution in [1.82, 2.24) is 21.4 Å². The molecule has 0 bridgehead atoms. The van der Waals surface area contributed by atoms with E-state index in [0.29, 0.717) is 45.3 Å². The minimum atomic E-state index is -1.06. The number of hydrogen-bond acceptors (Lipinski definition) is 7. The molecule has 11 heteroatoms. The number of rotatable bonds is 16. The Balaban J connectivity index is 1.16. The normalized spacial score (nSPS) is 17.7. The number of anilines is 1. The number of hydrogen-bond donors (Lipinski definition) is 5. The number of nitrogens with zero attached hydrogens (tertiary/aromatic N) is 1. The molecule has 3 aromatic rings. The van der Waals surface area contributed by atoms with Crippen molar-refractivity contribution in [2.24, 2.45) is 5.73 Å². The summed E-state index contributed by atoms with van der Waals surface area (Å²) in [6, 6.07) is 25.3. The number of amides is 4. The quantitative estimate of drug-likeness (QED) is 0.119. The molecule has 4 atom stereocenters. The third kappa shape index (κ3) is 8.92. The third-order valence-electron chi connectivity index (χ3n) is 8.19. The minimum absolute atomic E-state index is 0.274. The van der Waals surface area contributed by atoms with Gasteiger partial charge < -0.3 is 26.4 Å². The molecule has 2 aliphatic heterocycles. The molecule has 1 fully saturated rings. The van der Waals surface area contributed by atoms with E-state index in [4.69, 9.17) is 10.5 Å². The van der Waals surface area contributed by atoms with Crippen LogP contribution < -0.4 is 32.1 Å². The summed E-state index contributed by atoms with van der Waals surface area (Å²) in [5, 5.41) is 10.3. The van der Waals surface area contributed by atoms with Gasteiger partial charge in [-0.1, -0.05) is 78.9 Å². The van der Waals surface area contributed by atoms with Gasteiger partial charge in [0.2, 0.25) is 5.91 Å². The van der Waals surface area contributed by atoms with E-state index in [9.17, 15) is 19.2 Å². The van der Waals surface area contributed by atoms with Crippen molar-refractivity contribution in [2.45, 2.75) is 62.8 Å². The van der Waals surface area contributed by atoms with Crippen LogP contribution in [0.1, 0.15) is 36.0 Å². The fourth-order valence-corrected chi connectivity index (χ4v) is 5.60. The van der Waals surface area contributed by atoms with Crippen molar-refractivity contribution in [3.05, 3.63) is 102 Å². The highest BCUT2D eigenvalue weighted by molar-refractivity contribution is 5.98. The average molecular weight is 627 g/mol. The Labute approximate surface area is 269 Å². The van der Waals surface area contributed by atoms with Crippen molar-refractivity contribution in [3.8, 4) is 0 Å². The summed E-state index contributed by atoms with van der Waals surface area (Å²) in [5.41, 5.74) is 12.6. The molecule has 4 amide bonds. The van der Waals surface area contributed by atoms with Gasteiger partial charge in [0.1, 0.15) is 12.1 Å². The summed E-state index contributed by atoms with van der Waals surface area (Å²) in [6.07, 6.45) is 1.34. The number of nitrogens with one attached hydrogen (secondary N) is 4. The summed E-state index contributed by atoms with van der Waals surface area (Å²) >= 11 is 0. The summed E-state index contributed by atoms with van der Waals surface area (Å²) in [6.45, 7) is 1.51. The van der Waals surface area contributed by atoms with Gasteiger partial charge in [0.05, 0.1) is 5.69 Å². The molecule has 5 rings (SSSR count). The van der Waals surface area contributed by atoms with Crippen LogP contribution in [-0.4, -0.2) is 67.6 Å². The van der Waals surface area contributed by atoms with Crippen LogP contribution >= 0.6 is 0 Å². The molecule has 11 nitrogen and oxygen atoms in total. The van der Waals surface area contributed by atoms with Crippen molar-refractivity contribution in [3.63, 3.8) is 0 Å². The Hall–Kier alpha value is -4.74. The fraction of sp³-hybridized carbons (Fsp3) is 0.371. The van der Waals surface area contributed by atoms with E-state index in [-0.39, 0.29) is 18.2 Å². The molecule has 1 saturated heterocycles. The summed E-state index contributed by atoms with van der Waals surface area (Å²) in [5.74, 6) is -1.78. The minimum Gasteiger partial charge on any atom is -0.354 e. The molecule has 0 aliphatic carbocycles. The van der Waals surface area contributed by atoms with Gasteiger partial charge in [0, 0.05) is 19.5 Å². The zero-order chi connectivity index (χ0) is 32.3. The molecule has 6 N–H and O–H groups in total. The monoisotopic (exact) mass is 626 g/mol. The Bertz CT molecular complexity index is 1490. The molecule has 242 valence electrons. The molecule has 2 heterocycles. The molecular formula is C35H42N6O5. The van der Waals surface area contributed by atoms with E-state index in [1.165, 1.54) is 0 Å². The van der Waals surface area contributed by atoms with Crippen LogP contribution in [0.2, 0.25) is 0 Å². The van der Waals surface area contributed by atoms with Gasteiger partial charge in [-0.2, -0.15) is 0 Å². The van der Waals surface area contributed by atoms with Gasteiger partial charge in [-0.05, 0) is 61.4 Å². The predicted octanol–water partition coefficient (Wildman–Crippen LogP) is 1.55. The standard InChI is InChI=1S/C35H42N6O5/c36-20-10-9-16-27(33(43)40-41-22-19-26-15-7-8-17-29(26)41)38-34(44)30-31(46-30)35(45)39-28(23-25-13-5-2-6-14-25)32(42)37-21-18-24-11-3-1-4-12-24/h1-8,11-15,17,27-28,30-31H,9-10,16,18-23,36H2,(H,37,42)(H,38,44)(H,39,45)(H,40,43)/t27-,28-,30?,31?/m0/s1. The maximum atomic E-state index is 13.3. The predicted molar refractivity (Wildman–Crippen MR) is 174 cm³/mol. The SMILES string of the molecule is NCCCC[C@H](NC(=O)C1OC1C(=O)N[C@@H](Cc1ccccc1)C(=O)NCCc1ccccc1)C(=O)NN1CCc2ccccc21. The number of unbranched alkanes of at least 4 members (excludes halogenated alkanes) is 1. The number of benzene rings is 3. The summed E-state index contributed by atoms with van der Waals surface area (Å²) in [4.78, 5) is 52.9. The topological polar surface area (TPSA) is 158 Å². The Morgan fingerprint density at radius 3 is 2.11 bits per heavy atom. The number of nitrogens with two attached hydrogens (primary N) is 1. The van der Waals surface area contributed by atoms with Gasteiger partial charge in [-0.3, -0.25) is 29.6 Å². The maximum absolute atomic E-state index is 13.3. The van der Waals surface area contributed by atoms with Crippen LogP contribution in [0, 0.1) is 0 Å². The number of carbonyl (C=O) groups is 4. The van der Waals surface area contributed by atoms with E-state index >= 15 is 0 Å². The lowest BCUT2D eigenvalue weighted by Crippen LogP contribution is -2.53. The molecule has 0 saturated carbocycles. The lowest BCUT2D eigenvalue weighted by molar-refractivity contribution is -0.130. The zero-order valence-corrected chi connectivity index (χ0v) is 25.8. The Morgan fingerprint density at radius 1 is 0.783 bits per heavy atom. The van der Waals surface area contributed by atoms with E-state index in [0.717, 1.165) is 28.8 Å². The number of carbonyl (C=O) groups excluding carboxylic acids is 4. The van der Waals surface area contributed by atoms with Crippen LogP contribution in [0.3, 0.4) is 0 Å². The van der Waals surface area contributed by atoms with Crippen molar-refractivity contribution in [2.75, 3.05) is 24.6 Å². The van der Waals surface area contributed by atoms with Crippen molar-refractivity contribution >= 4 is 29.3 Å². The second-order valence-corrected chi connectivity index (χ2v) is 11.6. The van der Waals surface area contributed by atoms with Crippen molar-refractivity contribution in [1.29, 1.82) is 0 Å². The van der Waals surface area contributed by atoms with Gasteiger partial charge >= 0.3 is 0 Å². The lowest BCUT2D eigenvalue weighted by atomic mass is 10.0. The molecule has 46 heavy (non-hydrogen) atoms. The molecule has 2 unspecified atom stereocenters. The molecular weight excluding hydrogens is 584 g/mol. The zero-order valence-electron chi connectivity index (χ0n) is 25.8. The number of fused-ring (bicyclic) bond motifs is 1. The molecule has 0 spiro atoms. The van der Waals surface area contributed by atoms with Crippen molar-refractivity contribution < 1.29 is 23.9 Å². The first-order valence-corrected chi connectivity index (χ1v) is 15.9. The van der Waals surface area contributed by atoms with E-state index in [2.05, 4.69) is 21.4 Å². The van der Waals surface area contributed by atoms with E-state index < -0.39 is 36.1 Å². The second kappa shape index (κ2) is 16.0. The second-order valence-electron chi connectivity index (χ2n) is 11.6. The number of epoxide rings is 1. The van der Waals surface area contributed by atoms with Crippen LogP contribution in [0.5, 0.6) is 0 Å². The smallest absolute Gasteiger partial charge is 0.261 e. The van der Waals surface area contributed by atoms with Gasteiger partial charge in [-0.25, -0.2) is 0 Å². The summed E-state index contributed by atoms with van der Waals surface area (Å²) < 4.78 is 5.48. The molecule has 0 radical (unpaired) electrons. The average Bonchev–Trinajstić information content (AvgIpc) is 3.79. The number of para-hydroxylation sites is 1. The molecule has 0 aromatic heterocycles. The number of ether oxygens (including phenoxy) is 1. The highest BCUT2D eigenvalue weighted by Gasteiger charge is 2.51. The van der Waals surface area contributed by atoms with Crippen LogP contribution in [-0.2, 0) is 43.2 Å². The first kappa shape index (κ1) is 32.6. The third-order valence-corrected chi connectivity index (χ3v) is 8.19. The van der Waals surface area contributed by atoms with Gasteiger partial charge in [0.15, 0.2) is 12.2 Å². The van der Waals surface area contributed by atoms with Crippen LogP contribution in [0.15, 0.2) is 84.9 Å². The van der Waals surface area contributed by atoms with Crippen LogP contribution in [0.25, 0.3) is 0 Å². The molecule has 2 aliphatic rings. The first-order valence-electron chi connectivity index (χ1n) is 15.9. The largest absolute Gasteiger partial charge is 0.354 e. The highest BCUT2D eigenvalue weighted by atomic mass is 16.6. The van der Waals surface area contributed by atoms with Crippen LogP contribution in [0.4, 0.5) is 5.69 Å². The van der Waals surface area contributed by atoms with E-state index in [1.54, 1.807) is 5.01 Å². The Morgan fingerprint density at radius 2 is 1.41 bits per heavy atom. The first-order chi connectivity index (χ1) is 22.4. The summed E-state index contributed by atoms with van der Waals surface area (Å²) in [7, 11) is 0. The van der Waals surface area contributed by atoms with Gasteiger partial charge in [-0.15, -0.1) is 0 Å². The fourth-order valence-electron chi connectivity index (χ4n) is 5.60. The maximum Gasteiger partial charge on any atom is 0.261 e. The van der Waals surface area contributed by atoms with E-state index in [1.807, 2.05) is 84.9 Å². The molecule has 3 aromatic carbocycles.